The summed E-state index contributed by atoms with van der Waals surface area (Å²) in [5.74, 6) is 0.675. The normalized spacial score (nSPS) is 14.9. The Kier molecular flexibility index (Phi) is 7.72. The molecule has 1 amide bonds. The van der Waals surface area contributed by atoms with Crippen LogP contribution >= 0.6 is 11.6 Å². The summed E-state index contributed by atoms with van der Waals surface area (Å²) in [7, 11) is 0. The van der Waals surface area contributed by atoms with Gasteiger partial charge in [-0.05, 0) is 47.4 Å². The highest BCUT2D eigenvalue weighted by Gasteiger charge is 2.27. The summed E-state index contributed by atoms with van der Waals surface area (Å²) < 4.78 is 0. The van der Waals surface area contributed by atoms with Crippen LogP contribution in [0.25, 0.3) is 0 Å². The molecule has 1 atom stereocenters. The van der Waals surface area contributed by atoms with Gasteiger partial charge in [0.1, 0.15) is 11.9 Å². The maximum absolute atomic E-state index is 13.4. The first-order valence-corrected chi connectivity index (χ1v) is 12.6. The average molecular weight is 507 g/mol. The second-order valence-electron chi connectivity index (χ2n) is 8.84. The molecule has 2 N–H and O–H groups in total. The molecular formula is C31H27ClN4O. The third-order valence-corrected chi connectivity index (χ3v) is 6.64. The number of carbonyl (C=O) groups is 1. The molecule has 0 bridgehead atoms. The highest BCUT2D eigenvalue weighted by Crippen LogP contribution is 2.31. The first-order chi connectivity index (χ1) is 18.2. The van der Waals surface area contributed by atoms with E-state index in [1.54, 1.807) is 18.6 Å². The molecule has 0 radical (unpaired) electrons. The zero-order valence-electron chi connectivity index (χ0n) is 20.2. The molecule has 37 heavy (non-hydrogen) atoms. The van der Waals surface area contributed by atoms with Crippen LogP contribution in [-0.2, 0) is 4.79 Å². The molecule has 1 aromatic heterocycles. The summed E-state index contributed by atoms with van der Waals surface area (Å²) >= 11 is 6.29. The number of nitrogens with zero attached hydrogens (tertiary/aromatic N) is 2. The van der Waals surface area contributed by atoms with Crippen molar-refractivity contribution in [2.75, 3.05) is 6.54 Å². The predicted molar refractivity (Wildman–Crippen MR) is 149 cm³/mol. The number of rotatable bonds is 8. The van der Waals surface area contributed by atoms with Crippen LogP contribution in [0.2, 0.25) is 5.02 Å². The molecule has 5 nitrogen and oxygen atoms in total. The minimum Gasteiger partial charge on any atom is -0.352 e. The number of benzene rings is 3. The van der Waals surface area contributed by atoms with Crippen molar-refractivity contribution in [1.82, 2.24) is 15.6 Å². The van der Waals surface area contributed by atoms with Gasteiger partial charge >= 0.3 is 0 Å². The first-order valence-electron chi connectivity index (χ1n) is 12.3. The number of hydrogen-bond acceptors (Lipinski definition) is 4. The smallest absolute Gasteiger partial charge is 0.251 e. The lowest BCUT2D eigenvalue weighted by Gasteiger charge is -2.24. The third-order valence-electron chi connectivity index (χ3n) is 6.40. The number of amidine groups is 1. The molecule has 184 valence electrons. The fourth-order valence-electron chi connectivity index (χ4n) is 4.57. The van der Waals surface area contributed by atoms with Crippen LogP contribution in [-0.4, -0.2) is 23.3 Å². The Hall–Kier alpha value is -4.22. The lowest BCUT2D eigenvalue weighted by Crippen LogP contribution is -2.34. The second kappa shape index (κ2) is 11.7. The zero-order valence-corrected chi connectivity index (χ0v) is 21.0. The van der Waals surface area contributed by atoms with E-state index < -0.39 is 6.04 Å². The fraction of sp³-hybridized carbons (Fsp3) is 0.129. The van der Waals surface area contributed by atoms with Crippen molar-refractivity contribution in [1.29, 1.82) is 0 Å². The minimum atomic E-state index is -0.491. The lowest BCUT2D eigenvalue weighted by molar-refractivity contribution is -0.117. The van der Waals surface area contributed by atoms with Crippen molar-refractivity contribution < 1.29 is 4.79 Å². The van der Waals surface area contributed by atoms with Crippen molar-refractivity contribution in [2.45, 2.75) is 18.4 Å². The number of nitrogens with one attached hydrogen (secondary N) is 2. The summed E-state index contributed by atoms with van der Waals surface area (Å²) in [6, 6.07) is 31.6. The molecule has 6 heteroatoms. The summed E-state index contributed by atoms with van der Waals surface area (Å²) in [4.78, 5) is 22.5. The fourth-order valence-corrected chi connectivity index (χ4v) is 4.77. The molecule has 1 unspecified atom stereocenters. The summed E-state index contributed by atoms with van der Waals surface area (Å²) in [6.07, 6.45) is 5.97. The van der Waals surface area contributed by atoms with Gasteiger partial charge in [0, 0.05) is 41.6 Å². The second-order valence-corrected chi connectivity index (χ2v) is 9.28. The Labute approximate surface area is 222 Å². The van der Waals surface area contributed by atoms with Gasteiger partial charge in [-0.3, -0.25) is 14.8 Å². The third kappa shape index (κ3) is 5.96. The maximum atomic E-state index is 13.4. The summed E-state index contributed by atoms with van der Waals surface area (Å²) in [5.41, 5.74) is 4.68. The summed E-state index contributed by atoms with van der Waals surface area (Å²) in [5, 5.41) is 6.91. The zero-order chi connectivity index (χ0) is 25.5. The van der Waals surface area contributed by atoms with Crippen LogP contribution in [0.5, 0.6) is 0 Å². The number of aliphatic imine (C=N–C) groups is 1. The Morgan fingerprint density at radius 2 is 1.65 bits per heavy atom. The Bertz CT molecular complexity index is 1370. The highest BCUT2D eigenvalue weighted by molar-refractivity contribution is 6.30. The number of halogens is 1. The minimum absolute atomic E-state index is 0.161. The highest BCUT2D eigenvalue weighted by atomic mass is 35.5. The molecule has 0 aliphatic carbocycles. The average Bonchev–Trinajstić information content (AvgIpc) is 2.96. The molecule has 1 aliphatic heterocycles. The van der Waals surface area contributed by atoms with Gasteiger partial charge in [0.05, 0.1) is 5.57 Å². The van der Waals surface area contributed by atoms with Gasteiger partial charge in [-0.15, -0.1) is 0 Å². The predicted octanol–water partition coefficient (Wildman–Crippen LogP) is 6.05. The van der Waals surface area contributed by atoms with Gasteiger partial charge in [-0.25, -0.2) is 0 Å². The SMILES string of the molecule is O=C(NCCC(c1ccccc1)c1ccccc1)C1=CNC(c2cccnc2)=NC1c1cccc(Cl)c1. The van der Waals surface area contributed by atoms with Gasteiger partial charge in [0.2, 0.25) is 0 Å². The molecule has 3 aromatic carbocycles. The van der Waals surface area contributed by atoms with E-state index in [9.17, 15) is 4.79 Å². The van der Waals surface area contributed by atoms with Gasteiger partial charge in [-0.2, -0.15) is 0 Å². The van der Waals surface area contributed by atoms with Crippen LogP contribution < -0.4 is 10.6 Å². The standard InChI is InChI=1S/C31H27ClN4O/c32-26-15-7-13-24(19-26)29-28(21-35-30(36-29)25-14-8-17-33-20-25)31(37)34-18-16-27(22-9-3-1-4-10-22)23-11-5-2-6-12-23/h1-15,17,19-21,27,29H,16,18H2,(H,34,37)(H,35,36). The monoisotopic (exact) mass is 506 g/mol. The van der Waals surface area contributed by atoms with E-state index in [2.05, 4.69) is 64.1 Å². The maximum Gasteiger partial charge on any atom is 0.251 e. The lowest BCUT2D eigenvalue weighted by atomic mass is 9.88. The van der Waals surface area contributed by atoms with E-state index in [0.717, 1.165) is 17.5 Å². The van der Waals surface area contributed by atoms with E-state index in [4.69, 9.17) is 16.6 Å². The van der Waals surface area contributed by atoms with Gasteiger partial charge < -0.3 is 10.6 Å². The Morgan fingerprint density at radius 1 is 0.919 bits per heavy atom. The molecule has 5 rings (SSSR count). The molecule has 1 aliphatic rings. The van der Waals surface area contributed by atoms with Crippen molar-refractivity contribution in [2.24, 2.45) is 4.99 Å². The molecule has 4 aromatic rings. The molecular weight excluding hydrogens is 480 g/mol. The van der Waals surface area contributed by atoms with Crippen LogP contribution in [0.1, 0.15) is 40.6 Å². The van der Waals surface area contributed by atoms with Gasteiger partial charge in [0.15, 0.2) is 0 Å². The molecule has 0 fully saturated rings. The summed E-state index contributed by atoms with van der Waals surface area (Å²) in [6.45, 7) is 0.520. The molecule has 0 saturated carbocycles. The van der Waals surface area contributed by atoms with E-state index in [-0.39, 0.29) is 11.8 Å². The van der Waals surface area contributed by atoms with Crippen LogP contribution in [0.15, 0.2) is 126 Å². The van der Waals surface area contributed by atoms with E-state index in [1.165, 1.54) is 11.1 Å². The van der Waals surface area contributed by atoms with Gasteiger partial charge in [0.25, 0.3) is 5.91 Å². The van der Waals surface area contributed by atoms with E-state index in [0.29, 0.717) is 23.0 Å². The molecule has 0 spiro atoms. The largest absolute Gasteiger partial charge is 0.352 e. The van der Waals surface area contributed by atoms with Crippen molar-refractivity contribution in [3.63, 3.8) is 0 Å². The van der Waals surface area contributed by atoms with Crippen LogP contribution in [0.3, 0.4) is 0 Å². The quantitative estimate of drug-likeness (QED) is 0.306. The van der Waals surface area contributed by atoms with Gasteiger partial charge in [-0.1, -0.05) is 84.4 Å². The topological polar surface area (TPSA) is 66.4 Å². The van der Waals surface area contributed by atoms with E-state index >= 15 is 0 Å². The Balaban J connectivity index is 1.34. The number of amides is 1. The van der Waals surface area contributed by atoms with Crippen molar-refractivity contribution in [3.8, 4) is 0 Å². The molecule has 0 saturated heterocycles. The number of carbonyl (C=O) groups excluding carboxylic acids is 1. The van der Waals surface area contributed by atoms with Crippen LogP contribution in [0, 0.1) is 0 Å². The van der Waals surface area contributed by atoms with E-state index in [1.807, 2.05) is 48.5 Å². The number of hydrogen-bond donors (Lipinski definition) is 2. The number of aromatic nitrogens is 1. The number of pyridine rings is 1. The van der Waals surface area contributed by atoms with Crippen molar-refractivity contribution in [3.05, 3.63) is 149 Å². The van der Waals surface area contributed by atoms with Crippen molar-refractivity contribution >= 4 is 23.3 Å². The van der Waals surface area contributed by atoms with Crippen LogP contribution in [0.4, 0.5) is 0 Å². The molecule has 2 heterocycles. The first kappa shape index (κ1) is 24.5. The Morgan fingerprint density at radius 3 is 2.30 bits per heavy atom.